The number of nitrogens with zero attached hydrogens (tertiary/aromatic N) is 3. The molecule has 27 heavy (non-hydrogen) atoms. The van der Waals surface area contributed by atoms with Gasteiger partial charge in [0.05, 0.1) is 5.69 Å². The quantitative estimate of drug-likeness (QED) is 0.903. The highest BCUT2D eigenvalue weighted by atomic mass is 16.2. The molecule has 2 N–H and O–H groups in total. The Morgan fingerprint density at radius 1 is 1.15 bits per heavy atom. The summed E-state index contributed by atoms with van der Waals surface area (Å²) in [6.45, 7) is 0. The molecule has 2 bridgehead atoms. The summed E-state index contributed by atoms with van der Waals surface area (Å²) in [4.78, 5) is 35.3. The van der Waals surface area contributed by atoms with Crippen molar-refractivity contribution in [1.82, 2.24) is 9.97 Å². The Balaban J connectivity index is 1.83. The SMILES string of the molecule is CN(C(=O)c1ccccn1)c1ccnc(C(N)=O)c1C12CCCC(CC1)C2. The fourth-order valence-corrected chi connectivity index (χ4v) is 5.00. The van der Waals surface area contributed by atoms with Gasteiger partial charge in [0.1, 0.15) is 11.4 Å². The van der Waals surface area contributed by atoms with Gasteiger partial charge in [0.25, 0.3) is 11.8 Å². The van der Waals surface area contributed by atoms with Crippen molar-refractivity contribution in [2.75, 3.05) is 11.9 Å². The highest BCUT2D eigenvalue weighted by molar-refractivity contribution is 6.06. The molecule has 2 heterocycles. The zero-order chi connectivity index (χ0) is 19.0. The van der Waals surface area contributed by atoms with Gasteiger partial charge < -0.3 is 10.6 Å². The van der Waals surface area contributed by atoms with Gasteiger partial charge in [-0.1, -0.05) is 18.9 Å². The minimum Gasteiger partial charge on any atom is -0.364 e. The minimum absolute atomic E-state index is 0.116. The van der Waals surface area contributed by atoms with Gasteiger partial charge in [-0.15, -0.1) is 0 Å². The number of carbonyl (C=O) groups excluding carboxylic acids is 2. The van der Waals surface area contributed by atoms with Crippen LogP contribution in [0.4, 0.5) is 5.69 Å². The summed E-state index contributed by atoms with van der Waals surface area (Å²) in [7, 11) is 1.73. The number of fused-ring (bicyclic) bond motifs is 2. The zero-order valence-electron chi connectivity index (χ0n) is 15.5. The van der Waals surface area contributed by atoms with Crippen molar-refractivity contribution in [2.45, 2.75) is 43.9 Å². The van der Waals surface area contributed by atoms with Crippen molar-refractivity contribution in [1.29, 1.82) is 0 Å². The van der Waals surface area contributed by atoms with Crippen LogP contribution in [0.25, 0.3) is 0 Å². The van der Waals surface area contributed by atoms with Crippen LogP contribution in [0.5, 0.6) is 0 Å². The van der Waals surface area contributed by atoms with Crippen LogP contribution in [0, 0.1) is 5.92 Å². The van der Waals surface area contributed by atoms with Crippen molar-refractivity contribution in [3.8, 4) is 0 Å². The van der Waals surface area contributed by atoms with E-state index >= 15 is 0 Å². The standard InChI is InChI=1S/C21H24N4O2/c1-25(20(27)15-6-2-3-11-23-15)16-8-12-24-18(19(22)26)17(16)21-9-4-5-14(13-21)7-10-21/h2-3,6,8,11-12,14H,4-5,7,9-10,13H2,1H3,(H2,22,26). The first-order valence-electron chi connectivity index (χ1n) is 9.50. The predicted octanol–water partition coefficient (Wildman–Crippen LogP) is 3.07. The maximum atomic E-state index is 13.0. The molecule has 2 atom stereocenters. The average molecular weight is 364 g/mol. The van der Waals surface area contributed by atoms with Gasteiger partial charge in [0, 0.05) is 25.0 Å². The van der Waals surface area contributed by atoms with Crippen molar-refractivity contribution in [3.05, 3.63) is 53.6 Å². The van der Waals surface area contributed by atoms with Crippen LogP contribution < -0.4 is 10.6 Å². The second-order valence-corrected chi connectivity index (χ2v) is 7.78. The van der Waals surface area contributed by atoms with Crippen molar-refractivity contribution < 1.29 is 9.59 Å². The van der Waals surface area contributed by atoms with Crippen LogP contribution in [-0.2, 0) is 5.41 Å². The predicted molar refractivity (Wildman–Crippen MR) is 103 cm³/mol. The molecule has 2 aliphatic carbocycles. The van der Waals surface area contributed by atoms with E-state index in [1.807, 2.05) is 6.07 Å². The van der Waals surface area contributed by atoms with E-state index in [1.54, 1.807) is 42.5 Å². The maximum absolute atomic E-state index is 13.0. The van der Waals surface area contributed by atoms with Crippen LogP contribution in [0.3, 0.4) is 0 Å². The number of carbonyl (C=O) groups is 2. The highest BCUT2D eigenvalue weighted by Gasteiger charge is 2.47. The molecule has 2 amide bonds. The second kappa shape index (κ2) is 6.76. The first-order valence-corrected chi connectivity index (χ1v) is 9.50. The van der Waals surface area contributed by atoms with E-state index in [4.69, 9.17) is 5.73 Å². The molecule has 2 aliphatic rings. The molecule has 2 fully saturated rings. The summed E-state index contributed by atoms with van der Waals surface area (Å²) < 4.78 is 0. The summed E-state index contributed by atoms with van der Waals surface area (Å²) in [6, 6.07) is 7.08. The normalized spacial score (nSPS) is 23.8. The Hall–Kier alpha value is -2.76. The van der Waals surface area contributed by atoms with E-state index in [9.17, 15) is 9.59 Å². The Bertz CT molecular complexity index is 879. The van der Waals surface area contributed by atoms with Gasteiger partial charge in [0.15, 0.2) is 0 Å². The lowest BCUT2D eigenvalue weighted by Gasteiger charge is -2.37. The van der Waals surface area contributed by atoms with Crippen LogP contribution >= 0.6 is 0 Å². The van der Waals surface area contributed by atoms with Gasteiger partial charge in [0.2, 0.25) is 0 Å². The lowest BCUT2D eigenvalue weighted by Crippen LogP contribution is -2.35. The van der Waals surface area contributed by atoms with E-state index in [0.29, 0.717) is 17.3 Å². The number of primary amides is 1. The van der Waals surface area contributed by atoms with Crippen LogP contribution in [0.2, 0.25) is 0 Å². The van der Waals surface area contributed by atoms with Crippen LogP contribution in [-0.4, -0.2) is 28.8 Å². The molecule has 0 radical (unpaired) electrons. The van der Waals surface area contributed by atoms with Crippen molar-refractivity contribution in [3.63, 3.8) is 0 Å². The molecule has 2 aromatic rings. The molecule has 2 unspecified atom stereocenters. The fourth-order valence-electron chi connectivity index (χ4n) is 5.00. The van der Waals surface area contributed by atoms with Gasteiger partial charge in [-0.2, -0.15) is 0 Å². The number of nitrogens with two attached hydrogens (primary N) is 1. The van der Waals surface area contributed by atoms with E-state index in [2.05, 4.69) is 9.97 Å². The number of amides is 2. The molecule has 0 spiro atoms. The summed E-state index contributed by atoms with van der Waals surface area (Å²) in [5.74, 6) is -0.0570. The number of aromatic nitrogens is 2. The number of rotatable bonds is 4. The highest BCUT2D eigenvalue weighted by Crippen LogP contribution is 2.55. The molecule has 0 aromatic carbocycles. The van der Waals surface area contributed by atoms with Gasteiger partial charge in [-0.25, -0.2) is 0 Å². The lowest BCUT2D eigenvalue weighted by molar-refractivity contribution is 0.0977. The Kier molecular flexibility index (Phi) is 4.42. The van der Waals surface area contributed by atoms with Gasteiger partial charge >= 0.3 is 0 Å². The largest absolute Gasteiger partial charge is 0.364 e. The molecule has 0 saturated heterocycles. The third-order valence-corrected chi connectivity index (χ3v) is 6.22. The van der Waals surface area contributed by atoms with E-state index < -0.39 is 5.91 Å². The molecule has 2 aromatic heterocycles. The summed E-state index contributed by atoms with van der Waals surface area (Å²) in [6.07, 6.45) is 9.76. The average Bonchev–Trinajstić information content (AvgIpc) is 3.01. The summed E-state index contributed by atoms with van der Waals surface area (Å²) in [5, 5.41) is 0. The number of hydrogen-bond donors (Lipinski definition) is 1. The van der Waals surface area contributed by atoms with Crippen LogP contribution in [0.1, 0.15) is 65.1 Å². The van der Waals surface area contributed by atoms with E-state index in [0.717, 1.165) is 43.4 Å². The zero-order valence-corrected chi connectivity index (χ0v) is 15.5. The van der Waals surface area contributed by atoms with E-state index in [1.165, 1.54) is 6.42 Å². The summed E-state index contributed by atoms with van der Waals surface area (Å²) >= 11 is 0. The molecule has 6 nitrogen and oxygen atoms in total. The third kappa shape index (κ3) is 2.99. The van der Waals surface area contributed by atoms with Gasteiger partial charge in [-0.05, 0) is 55.2 Å². The number of anilines is 1. The minimum atomic E-state index is -0.533. The lowest BCUT2D eigenvalue weighted by atomic mass is 9.69. The Morgan fingerprint density at radius 2 is 2.00 bits per heavy atom. The molecule has 6 heteroatoms. The Labute approximate surface area is 158 Å². The topological polar surface area (TPSA) is 89.2 Å². The number of pyridine rings is 2. The van der Waals surface area contributed by atoms with Gasteiger partial charge in [-0.3, -0.25) is 19.6 Å². The summed E-state index contributed by atoms with van der Waals surface area (Å²) in [5.41, 5.74) is 7.82. The van der Waals surface area contributed by atoms with Crippen molar-refractivity contribution in [2.24, 2.45) is 11.7 Å². The van der Waals surface area contributed by atoms with E-state index in [-0.39, 0.29) is 11.3 Å². The molecule has 4 rings (SSSR count). The smallest absolute Gasteiger partial charge is 0.276 e. The van der Waals surface area contributed by atoms with Crippen LogP contribution in [0.15, 0.2) is 36.7 Å². The van der Waals surface area contributed by atoms with Crippen molar-refractivity contribution >= 4 is 17.5 Å². The first-order chi connectivity index (χ1) is 13.0. The third-order valence-electron chi connectivity index (χ3n) is 6.22. The molecular weight excluding hydrogens is 340 g/mol. The maximum Gasteiger partial charge on any atom is 0.276 e. The fraction of sp³-hybridized carbons (Fsp3) is 0.429. The monoisotopic (exact) mass is 364 g/mol. The first kappa shape index (κ1) is 17.6. The second-order valence-electron chi connectivity index (χ2n) is 7.78. The Morgan fingerprint density at radius 3 is 2.74 bits per heavy atom. The number of hydrogen-bond acceptors (Lipinski definition) is 4. The molecule has 0 aliphatic heterocycles. The molecule has 2 saturated carbocycles. The molecule has 140 valence electrons. The molecular formula is C21H24N4O2.